The third-order valence-corrected chi connectivity index (χ3v) is 3.98. The summed E-state index contributed by atoms with van der Waals surface area (Å²) >= 11 is 0. The highest BCUT2D eigenvalue weighted by molar-refractivity contribution is 5.76. The molecule has 0 spiro atoms. The predicted octanol–water partition coefficient (Wildman–Crippen LogP) is 4.03. The van der Waals surface area contributed by atoms with Gasteiger partial charge in [-0.05, 0) is 48.8 Å². The Morgan fingerprint density at radius 3 is 2.15 bits per heavy atom. The number of hydrogen-bond acceptors (Lipinski definition) is 1. The van der Waals surface area contributed by atoms with E-state index in [0.717, 1.165) is 6.42 Å². The van der Waals surface area contributed by atoms with Gasteiger partial charge in [-0.2, -0.15) is 0 Å². The van der Waals surface area contributed by atoms with Crippen LogP contribution in [-0.4, -0.2) is 11.9 Å². The second-order valence-corrected chi connectivity index (χ2v) is 6.50. The van der Waals surface area contributed by atoms with E-state index >= 15 is 0 Å². The molecule has 112 valence electrons. The number of hydrogen-bond donors (Lipinski definition) is 1. The van der Waals surface area contributed by atoms with Crippen LogP contribution >= 0.6 is 0 Å². The summed E-state index contributed by atoms with van der Waals surface area (Å²) in [6.07, 6.45) is 1.38. The average Bonchev–Trinajstić information content (AvgIpc) is 2.36. The molecule has 1 amide bonds. The quantitative estimate of drug-likeness (QED) is 0.834. The molecule has 0 aliphatic rings. The number of aryl methyl sites for hydroxylation is 3. The monoisotopic (exact) mass is 275 g/mol. The van der Waals surface area contributed by atoms with Crippen molar-refractivity contribution in [2.75, 3.05) is 0 Å². The molecule has 0 radical (unpaired) electrons. The van der Waals surface area contributed by atoms with E-state index in [9.17, 15) is 4.79 Å². The van der Waals surface area contributed by atoms with Gasteiger partial charge in [0, 0.05) is 12.5 Å². The topological polar surface area (TPSA) is 29.1 Å². The van der Waals surface area contributed by atoms with Crippen molar-refractivity contribution in [2.24, 2.45) is 11.8 Å². The van der Waals surface area contributed by atoms with Gasteiger partial charge >= 0.3 is 0 Å². The Morgan fingerprint density at radius 2 is 1.65 bits per heavy atom. The Hall–Kier alpha value is -1.31. The van der Waals surface area contributed by atoms with Gasteiger partial charge in [0.1, 0.15) is 0 Å². The number of carbonyl (C=O) groups excluding carboxylic acids is 1. The molecule has 1 aromatic carbocycles. The van der Waals surface area contributed by atoms with Gasteiger partial charge in [-0.25, -0.2) is 0 Å². The molecule has 0 atom stereocenters. The van der Waals surface area contributed by atoms with E-state index in [1.54, 1.807) is 0 Å². The molecular weight excluding hydrogens is 246 g/mol. The van der Waals surface area contributed by atoms with Gasteiger partial charge in [0.25, 0.3) is 0 Å². The molecule has 1 rings (SSSR count). The van der Waals surface area contributed by atoms with E-state index in [2.05, 4.69) is 65.1 Å². The first kappa shape index (κ1) is 16.7. The lowest BCUT2D eigenvalue weighted by molar-refractivity contribution is -0.122. The van der Waals surface area contributed by atoms with E-state index in [4.69, 9.17) is 0 Å². The Morgan fingerprint density at radius 1 is 1.05 bits per heavy atom. The second-order valence-electron chi connectivity index (χ2n) is 6.50. The fourth-order valence-corrected chi connectivity index (χ4v) is 2.58. The molecule has 0 saturated carbocycles. The molecule has 20 heavy (non-hydrogen) atoms. The Kier molecular flexibility index (Phi) is 6.25. The SMILES string of the molecule is Cc1ccc(CCC(=O)NC(C(C)C)C(C)C)cc1C. The Labute approximate surface area is 124 Å². The number of benzene rings is 1. The maximum absolute atomic E-state index is 12.1. The zero-order chi connectivity index (χ0) is 15.3. The lowest BCUT2D eigenvalue weighted by Crippen LogP contribution is -2.42. The Bertz CT molecular complexity index is 441. The van der Waals surface area contributed by atoms with E-state index in [0.29, 0.717) is 18.3 Å². The van der Waals surface area contributed by atoms with Crippen molar-refractivity contribution in [2.45, 2.75) is 60.4 Å². The van der Waals surface area contributed by atoms with Gasteiger partial charge in [0.2, 0.25) is 5.91 Å². The summed E-state index contributed by atoms with van der Waals surface area (Å²) in [5.41, 5.74) is 3.84. The summed E-state index contributed by atoms with van der Waals surface area (Å²) in [5.74, 6) is 1.11. The maximum Gasteiger partial charge on any atom is 0.220 e. The predicted molar refractivity (Wildman–Crippen MR) is 85.8 cm³/mol. The summed E-state index contributed by atoms with van der Waals surface area (Å²) in [4.78, 5) is 12.1. The van der Waals surface area contributed by atoms with Crippen molar-refractivity contribution in [3.63, 3.8) is 0 Å². The minimum absolute atomic E-state index is 0.163. The number of amides is 1. The van der Waals surface area contributed by atoms with Crippen molar-refractivity contribution in [1.82, 2.24) is 5.32 Å². The van der Waals surface area contributed by atoms with Crippen LogP contribution in [-0.2, 0) is 11.2 Å². The van der Waals surface area contributed by atoms with Crippen molar-refractivity contribution in [3.8, 4) is 0 Å². The number of rotatable bonds is 6. The smallest absolute Gasteiger partial charge is 0.220 e. The first-order chi connectivity index (χ1) is 9.31. The molecule has 1 aromatic rings. The van der Waals surface area contributed by atoms with Crippen LogP contribution in [0.5, 0.6) is 0 Å². The normalized spacial score (nSPS) is 11.4. The third-order valence-electron chi connectivity index (χ3n) is 3.98. The van der Waals surface area contributed by atoms with Crippen LogP contribution in [0.25, 0.3) is 0 Å². The number of nitrogens with one attached hydrogen (secondary N) is 1. The second kappa shape index (κ2) is 7.47. The molecule has 0 unspecified atom stereocenters. The minimum Gasteiger partial charge on any atom is -0.353 e. The van der Waals surface area contributed by atoms with Crippen LogP contribution in [0.2, 0.25) is 0 Å². The molecular formula is C18H29NO. The standard InChI is InChI=1S/C18H29NO/c1-12(2)18(13(3)4)19-17(20)10-9-16-8-7-14(5)15(6)11-16/h7-8,11-13,18H,9-10H2,1-6H3,(H,19,20). The van der Waals surface area contributed by atoms with Crippen LogP contribution in [0.4, 0.5) is 0 Å². The molecule has 0 aliphatic heterocycles. The highest BCUT2D eigenvalue weighted by atomic mass is 16.1. The molecule has 2 nitrogen and oxygen atoms in total. The summed E-state index contributed by atoms with van der Waals surface area (Å²) in [6, 6.07) is 6.71. The lowest BCUT2D eigenvalue weighted by Gasteiger charge is -2.26. The number of carbonyl (C=O) groups is 1. The van der Waals surface area contributed by atoms with Crippen LogP contribution in [0, 0.1) is 25.7 Å². The third kappa shape index (κ3) is 4.99. The van der Waals surface area contributed by atoms with E-state index < -0.39 is 0 Å². The lowest BCUT2D eigenvalue weighted by atomic mass is 9.93. The summed E-state index contributed by atoms with van der Waals surface area (Å²) < 4.78 is 0. The van der Waals surface area contributed by atoms with Gasteiger partial charge in [0.05, 0.1) is 0 Å². The molecule has 0 fully saturated rings. The molecule has 0 saturated heterocycles. The molecule has 0 heterocycles. The van der Waals surface area contributed by atoms with E-state index in [1.165, 1.54) is 16.7 Å². The van der Waals surface area contributed by atoms with Gasteiger partial charge in [0.15, 0.2) is 0 Å². The van der Waals surface area contributed by atoms with Gasteiger partial charge < -0.3 is 5.32 Å². The van der Waals surface area contributed by atoms with Crippen LogP contribution < -0.4 is 5.32 Å². The Balaban J connectivity index is 2.52. The highest BCUT2D eigenvalue weighted by Crippen LogP contribution is 2.14. The van der Waals surface area contributed by atoms with E-state index in [1.807, 2.05) is 0 Å². The summed E-state index contributed by atoms with van der Waals surface area (Å²) in [7, 11) is 0. The highest BCUT2D eigenvalue weighted by Gasteiger charge is 2.19. The zero-order valence-electron chi connectivity index (χ0n) is 13.8. The van der Waals surface area contributed by atoms with Crippen molar-refractivity contribution in [1.29, 1.82) is 0 Å². The van der Waals surface area contributed by atoms with Crippen molar-refractivity contribution >= 4 is 5.91 Å². The van der Waals surface area contributed by atoms with Crippen LogP contribution in [0.15, 0.2) is 18.2 Å². The fraction of sp³-hybridized carbons (Fsp3) is 0.611. The fourth-order valence-electron chi connectivity index (χ4n) is 2.58. The molecule has 0 bridgehead atoms. The first-order valence-electron chi connectivity index (χ1n) is 7.66. The van der Waals surface area contributed by atoms with Gasteiger partial charge in [-0.1, -0.05) is 45.9 Å². The first-order valence-corrected chi connectivity index (χ1v) is 7.66. The van der Waals surface area contributed by atoms with Gasteiger partial charge in [-0.3, -0.25) is 4.79 Å². The van der Waals surface area contributed by atoms with Crippen LogP contribution in [0.1, 0.15) is 50.8 Å². The van der Waals surface area contributed by atoms with Crippen molar-refractivity contribution in [3.05, 3.63) is 34.9 Å². The summed E-state index contributed by atoms with van der Waals surface area (Å²) in [6.45, 7) is 12.9. The van der Waals surface area contributed by atoms with E-state index in [-0.39, 0.29) is 11.9 Å². The molecule has 2 heteroatoms. The van der Waals surface area contributed by atoms with Crippen molar-refractivity contribution < 1.29 is 4.79 Å². The minimum atomic E-state index is 0.163. The largest absolute Gasteiger partial charge is 0.353 e. The molecule has 0 aromatic heterocycles. The molecule has 1 N–H and O–H groups in total. The zero-order valence-corrected chi connectivity index (χ0v) is 13.8. The van der Waals surface area contributed by atoms with Gasteiger partial charge in [-0.15, -0.1) is 0 Å². The summed E-state index contributed by atoms with van der Waals surface area (Å²) in [5, 5.41) is 3.17. The maximum atomic E-state index is 12.1. The van der Waals surface area contributed by atoms with Crippen LogP contribution in [0.3, 0.4) is 0 Å². The average molecular weight is 275 g/mol. The molecule has 0 aliphatic carbocycles.